The number of nitrogens with one attached hydrogen (secondary N) is 1. The molecule has 23 heavy (non-hydrogen) atoms. The minimum Gasteiger partial charge on any atom is -0.497 e. The van der Waals surface area contributed by atoms with Crippen LogP contribution in [-0.2, 0) is 4.79 Å². The molecule has 1 N–H and O–H groups in total. The van der Waals surface area contributed by atoms with Crippen LogP contribution in [0, 0.1) is 0 Å². The SMILES string of the molecule is COc1cccc(OC(C)C(=O)NCCSc2ccccc2)c1. The first kappa shape index (κ1) is 17.2. The molecular weight excluding hydrogens is 310 g/mol. The van der Waals surface area contributed by atoms with Gasteiger partial charge in [0.15, 0.2) is 6.10 Å². The van der Waals surface area contributed by atoms with Gasteiger partial charge in [-0.3, -0.25) is 4.79 Å². The highest BCUT2D eigenvalue weighted by atomic mass is 32.2. The van der Waals surface area contributed by atoms with Crippen molar-refractivity contribution < 1.29 is 14.3 Å². The van der Waals surface area contributed by atoms with Crippen molar-refractivity contribution in [1.29, 1.82) is 0 Å². The van der Waals surface area contributed by atoms with Gasteiger partial charge in [-0.15, -0.1) is 11.8 Å². The summed E-state index contributed by atoms with van der Waals surface area (Å²) in [6.07, 6.45) is -0.552. The summed E-state index contributed by atoms with van der Waals surface area (Å²) >= 11 is 1.71. The standard InChI is InChI=1S/C18H21NO3S/c1-14(22-16-8-6-7-15(13-16)21-2)18(20)19-11-12-23-17-9-4-3-5-10-17/h3-10,13-14H,11-12H2,1-2H3,(H,19,20). The molecule has 0 heterocycles. The third-order valence-corrected chi connectivity index (χ3v) is 4.15. The number of amides is 1. The Balaban J connectivity index is 1.72. The number of carbonyl (C=O) groups is 1. The largest absolute Gasteiger partial charge is 0.497 e. The summed E-state index contributed by atoms with van der Waals surface area (Å²) in [5, 5.41) is 2.89. The zero-order valence-electron chi connectivity index (χ0n) is 13.3. The molecule has 1 unspecified atom stereocenters. The summed E-state index contributed by atoms with van der Waals surface area (Å²) in [5.41, 5.74) is 0. The summed E-state index contributed by atoms with van der Waals surface area (Å²) in [4.78, 5) is 13.2. The summed E-state index contributed by atoms with van der Waals surface area (Å²) in [7, 11) is 1.60. The number of hydrogen-bond donors (Lipinski definition) is 1. The smallest absolute Gasteiger partial charge is 0.260 e. The van der Waals surface area contributed by atoms with Crippen molar-refractivity contribution in [3.8, 4) is 11.5 Å². The van der Waals surface area contributed by atoms with Crippen molar-refractivity contribution in [1.82, 2.24) is 5.32 Å². The zero-order valence-corrected chi connectivity index (χ0v) is 14.1. The number of carbonyl (C=O) groups excluding carboxylic acids is 1. The molecule has 1 atom stereocenters. The van der Waals surface area contributed by atoms with Gasteiger partial charge in [-0.05, 0) is 31.2 Å². The van der Waals surface area contributed by atoms with Gasteiger partial charge in [0.1, 0.15) is 11.5 Å². The zero-order chi connectivity index (χ0) is 16.5. The van der Waals surface area contributed by atoms with E-state index in [0.29, 0.717) is 18.0 Å². The molecule has 122 valence electrons. The van der Waals surface area contributed by atoms with Crippen LogP contribution in [-0.4, -0.2) is 31.4 Å². The van der Waals surface area contributed by atoms with E-state index in [4.69, 9.17) is 9.47 Å². The molecule has 2 aromatic carbocycles. The molecule has 5 heteroatoms. The topological polar surface area (TPSA) is 47.6 Å². The first-order valence-corrected chi connectivity index (χ1v) is 8.44. The minimum absolute atomic E-state index is 0.124. The lowest BCUT2D eigenvalue weighted by Gasteiger charge is -2.15. The second-order valence-electron chi connectivity index (χ2n) is 4.89. The normalized spacial score (nSPS) is 11.6. The van der Waals surface area contributed by atoms with Gasteiger partial charge >= 0.3 is 0 Å². The van der Waals surface area contributed by atoms with Crippen molar-refractivity contribution in [2.24, 2.45) is 0 Å². The molecule has 0 saturated heterocycles. The number of rotatable bonds is 8. The molecule has 2 rings (SSSR count). The summed E-state index contributed by atoms with van der Waals surface area (Å²) in [6, 6.07) is 17.3. The highest BCUT2D eigenvalue weighted by Gasteiger charge is 2.14. The third kappa shape index (κ3) is 5.87. The number of ether oxygens (including phenoxy) is 2. The van der Waals surface area contributed by atoms with Crippen LogP contribution in [0.15, 0.2) is 59.5 Å². The fourth-order valence-corrected chi connectivity index (χ4v) is 2.73. The lowest BCUT2D eigenvalue weighted by Crippen LogP contribution is -2.37. The second kappa shape index (κ2) is 9.10. The van der Waals surface area contributed by atoms with E-state index in [1.807, 2.05) is 30.3 Å². The fraction of sp³-hybridized carbons (Fsp3) is 0.278. The average molecular weight is 331 g/mol. The molecule has 2 aromatic rings. The van der Waals surface area contributed by atoms with Crippen LogP contribution in [0.3, 0.4) is 0 Å². The van der Waals surface area contributed by atoms with E-state index in [-0.39, 0.29) is 5.91 Å². The van der Waals surface area contributed by atoms with Crippen LogP contribution in [0.1, 0.15) is 6.92 Å². The van der Waals surface area contributed by atoms with Crippen molar-refractivity contribution in [2.45, 2.75) is 17.9 Å². The van der Waals surface area contributed by atoms with Crippen LogP contribution in [0.25, 0.3) is 0 Å². The number of hydrogen-bond acceptors (Lipinski definition) is 4. The van der Waals surface area contributed by atoms with Gasteiger partial charge < -0.3 is 14.8 Å². The third-order valence-electron chi connectivity index (χ3n) is 3.14. The lowest BCUT2D eigenvalue weighted by molar-refractivity contribution is -0.127. The van der Waals surface area contributed by atoms with Gasteiger partial charge in [0.05, 0.1) is 7.11 Å². The Labute approximate surface area is 141 Å². The molecule has 0 aliphatic rings. The molecule has 0 aliphatic heterocycles. The Kier molecular flexibility index (Phi) is 6.81. The molecule has 0 bridgehead atoms. The predicted molar refractivity (Wildman–Crippen MR) is 93.3 cm³/mol. The van der Waals surface area contributed by atoms with E-state index in [1.165, 1.54) is 4.90 Å². The molecule has 0 spiro atoms. The Morgan fingerprint density at radius 1 is 1.13 bits per heavy atom. The number of benzene rings is 2. The predicted octanol–water partition coefficient (Wildman–Crippen LogP) is 3.37. The van der Waals surface area contributed by atoms with E-state index in [2.05, 4.69) is 17.4 Å². The van der Waals surface area contributed by atoms with Gasteiger partial charge in [-0.2, -0.15) is 0 Å². The quantitative estimate of drug-likeness (QED) is 0.595. The Morgan fingerprint density at radius 3 is 2.61 bits per heavy atom. The Hall–Kier alpha value is -2.14. The van der Waals surface area contributed by atoms with E-state index in [0.717, 1.165) is 5.75 Å². The Bertz CT molecular complexity index is 619. The summed E-state index contributed by atoms with van der Waals surface area (Å²) in [5.74, 6) is 2.02. The van der Waals surface area contributed by atoms with E-state index in [1.54, 1.807) is 37.9 Å². The summed E-state index contributed by atoms with van der Waals surface area (Å²) in [6.45, 7) is 2.34. The first-order chi connectivity index (χ1) is 11.2. The highest BCUT2D eigenvalue weighted by Crippen LogP contribution is 2.20. The molecule has 0 aromatic heterocycles. The van der Waals surface area contributed by atoms with Crippen molar-refractivity contribution >= 4 is 17.7 Å². The van der Waals surface area contributed by atoms with Crippen LogP contribution in [0.2, 0.25) is 0 Å². The van der Waals surface area contributed by atoms with Gasteiger partial charge in [0.25, 0.3) is 5.91 Å². The van der Waals surface area contributed by atoms with Gasteiger partial charge in [0, 0.05) is 23.3 Å². The van der Waals surface area contributed by atoms with E-state index in [9.17, 15) is 4.79 Å². The number of methoxy groups -OCH3 is 1. The maximum absolute atomic E-state index is 12.0. The van der Waals surface area contributed by atoms with Crippen molar-refractivity contribution in [2.75, 3.05) is 19.4 Å². The molecule has 0 fully saturated rings. The monoisotopic (exact) mass is 331 g/mol. The second-order valence-corrected chi connectivity index (χ2v) is 6.06. The Morgan fingerprint density at radius 2 is 1.87 bits per heavy atom. The average Bonchev–Trinajstić information content (AvgIpc) is 2.59. The van der Waals surface area contributed by atoms with Gasteiger partial charge in [-0.1, -0.05) is 24.3 Å². The van der Waals surface area contributed by atoms with Crippen LogP contribution in [0.4, 0.5) is 0 Å². The maximum atomic E-state index is 12.0. The van der Waals surface area contributed by atoms with E-state index < -0.39 is 6.10 Å². The molecular formula is C18H21NO3S. The molecule has 1 amide bonds. The summed E-state index contributed by atoms with van der Waals surface area (Å²) < 4.78 is 10.8. The number of thioether (sulfide) groups is 1. The molecule has 0 aliphatic carbocycles. The van der Waals surface area contributed by atoms with Crippen molar-refractivity contribution in [3.05, 3.63) is 54.6 Å². The van der Waals surface area contributed by atoms with Gasteiger partial charge in [-0.25, -0.2) is 0 Å². The molecule has 0 saturated carbocycles. The first-order valence-electron chi connectivity index (χ1n) is 7.45. The van der Waals surface area contributed by atoms with Crippen LogP contribution >= 0.6 is 11.8 Å². The minimum atomic E-state index is -0.552. The van der Waals surface area contributed by atoms with E-state index >= 15 is 0 Å². The van der Waals surface area contributed by atoms with Crippen LogP contribution < -0.4 is 14.8 Å². The molecule has 0 radical (unpaired) electrons. The lowest BCUT2D eigenvalue weighted by atomic mass is 10.3. The highest BCUT2D eigenvalue weighted by molar-refractivity contribution is 7.99. The fourth-order valence-electron chi connectivity index (χ4n) is 1.94. The molecule has 4 nitrogen and oxygen atoms in total. The maximum Gasteiger partial charge on any atom is 0.260 e. The van der Waals surface area contributed by atoms with Gasteiger partial charge in [0.2, 0.25) is 0 Å². The van der Waals surface area contributed by atoms with Crippen molar-refractivity contribution in [3.63, 3.8) is 0 Å². The van der Waals surface area contributed by atoms with Crippen LogP contribution in [0.5, 0.6) is 11.5 Å².